The van der Waals surface area contributed by atoms with Crippen LogP contribution in [0.3, 0.4) is 0 Å². The van der Waals surface area contributed by atoms with Crippen molar-refractivity contribution in [3.63, 3.8) is 0 Å². The van der Waals surface area contributed by atoms with E-state index in [1.54, 1.807) is 31.4 Å². The number of aromatic nitrogens is 2. The van der Waals surface area contributed by atoms with Crippen LogP contribution < -0.4 is 10.1 Å². The summed E-state index contributed by atoms with van der Waals surface area (Å²) in [6.45, 7) is 4.80. The number of fused-ring (bicyclic) bond motifs is 1. The standard InChI is InChI=1S/C26H27N3O4/c1-16(2)33-13-12-27-26(31)18-8-10-21-22(15-18)29-25(28-21)20-14-17(9-11-23(20)30)19-6-4-5-7-24(19)32-3/h4-11,14-16,30H,12-13H2,1-3H3,(H,27,31)(H,28,29). The van der Waals surface area contributed by atoms with E-state index in [1.165, 1.54) is 0 Å². The molecule has 3 aromatic carbocycles. The summed E-state index contributed by atoms with van der Waals surface area (Å²) >= 11 is 0. The second-order valence-electron chi connectivity index (χ2n) is 7.92. The number of nitrogens with zero attached hydrogens (tertiary/aromatic N) is 1. The average Bonchev–Trinajstić information content (AvgIpc) is 3.25. The van der Waals surface area contributed by atoms with Crippen molar-refractivity contribution in [3.8, 4) is 34.0 Å². The zero-order valence-corrected chi connectivity index (χ0v) is 18.9. The highest BCUT2D eigenvalue weighted by molar-refractivity contribution is 5.97. The van der Waals surface area contributed by atoms with Crippen LogP contribution >= 0.6 is 0 Å². The Kier molecular flexibility index (Phi) is 6.60. The Hall–Kier alpha value is -3.84. The molecule has 0 saturated heterocycles. The second-order valence-corrected chi connectivity index (χ2v) is 7.92. The van der Waals surface area contributed by atoms with Gasteiger partial charge in [-0.3, -0.25) is 4.79 Å². The largest absolute Gasteiger partial charge is 0.507 e. The maximum Gasteiger partial charge on any atom is 0.251 e. The molecular weight excluding hydrogens is 418 g/mol. The van der Waals surface area contributed by atoms with Gasteiger partial charge in [-0.15, -0.1) is 0 Å². The summed E-state index contributed by atoms with van der Waals surface area (Å²) < 4.78 is 10.9. The number of rotatable bonds is 8. The predicted octanol–water partition coefficient (Wildman–Crippen LogP) is 4.77. The third kappa shape index (κ3) is 4.99. The smallest absolute Gasteiger partial charge is 0.251 e. The molecule has 1 heterocycles. The Morgan fingerprint density at radius 1 is 1.09 bits per heavy atom. The van der Waals surface area contributed by atoms with E-state index in [0.717, 1.165) is 16.9 Å². The minimum Gasteiger partial charge on any atom is -0.507 e. The maximum atomic E-state index is 12.5. The van der Waals surface area contributed by atoms with Gasteiger partial charge in [0, 0.05) is 17.7 Å². The third-order valence-corrected chi connectivity index (χ3v) is 5.25. The Balaban J connectivity index is 1.61. The number of aromatic hydroxyl groups is 1. The molecule has 0 spiro atoms. The normalized spacial score (nSPS) is 11.2. The van der Waals surface area contributed by atoms with Crippen LogP contribution in [0, 0.1) is 0 Å². The Bertz CT molecular complexity index is 1280. The lowest BCUT2D eigenvalue weighted by Gasteiger charge is -2.10. The second kappa shape index (κ2) is 9.75. The Morgan fingerprint density at radius 2 is 1.91 bits per heavy atom. The van der Waals surface area contributed by atoms with Crippen molar-refractivity contribution in [1.82, 2.24) is 15.3 Å². The number of phenolic OH excluding ortho intramolecular Hbond substituents is 1. The molecule has 170 valence electrons. The molecule has 3 N–H and O–H groups in total. The van der Waals surface area contributed by atoms with E-state index in [1.807, 2.05) is 50.2 Å². The minimum atomic E-state index is -0.179. The van der Waals surface area contributed by atoms with Gasteiger partial charge in [-0.25, -0.2) is 4.98 Å². The van der Waals surface area contributed by atoms with E-state index >= 15 is 0 Å². The fraction of sp³-hybridized carbons (Fsp3) is 0.231. The van der Waals surface area contributed by atoms with Crippen molar-refractivity contribution in [2.24, 2.45) is 0 Å². The van der Waals surface area contributed by atoms with E-state index in [-0.39, 0.29) is 17.8 Å². The minimum absolute atomic E-state index is 0.107. The lowest BCUT2D eigenvalue weighted by atomic mass is 10.0. The van der Waals surface area contributed by atoms with Crippen LogP contribution in [0.2, 0.25) is 0 Å². The molecule has 0 aliphatic heterocycles. The molecule has 7 heteroatoms. The van der Waals surface area contributed by atoms with E-state index in [9.17, 15) is 9.90 Å². The number of amides is 1. The number of phenols is 1. The van der Waals surface area contributed by atoms with Crippen molar-refractivity contribution in [1.29, 1.82) is 0 Å². The molecule has 1 amide bonds. The third-order valence-electron chi connectivity index (χ3n) is 5.25. The van der Waals surface area contributed by atoms with E-state index in [0.29, 0.717) is 41.1 Å². The van der Waals surface area contributed by atoms with Crippen molar-refractivity contribution in [2.75, 3.05) is 20.3 Å². The van der Waals surface area contributed by atoms with Gasteiger partial charge in [-0.1, -0.05) is 24.3 Å². The van der Waals surface area contributed by atoms with Crippen LogP contribution in [-0.2, 0) is 4.74 Å². The van der Waals surface area contributed by atoms with Gasteiger partial charge in [0.05, 0.1) is 36.4 Å². The summed E-state index contributed by atoms with van der Waals surface area (Å²) in [6.07, 6.45) is 0.125. The first-order valence-electron chi connectivity index (χ1n) is 10.8. The molecule has 0 fully saturated rings. The van der Waals surface area contributed by atoms with Gasteiger partial charge >= 0.3 is 0 Å². The molecule has 0 radical (unpaired) electrons. The molecule has 0 saturated carbocycles. The number of nitrogens with one attached hydrogen (secondary N) is 2. The van der Waals surface area contributed by atoms with Crippen molar-refractivity contribution >= 4 is 16.9 Å². The summed E-state index contributed by atoms with van der Waals surface area (Å²) in [5.41, 5.74) is 4.30. The zero-order chi connectivity index (χ0) is 23.4. The SMILES string of the molecule is COc1ccccc1-c1ccc(O)c(-c2nc3ccc(C(=O)NCCOC(C)C)cc3[nH]2)c1. The number of hydrogen-bond donors (Lipinski definition) is 3. The summed E-state index contributed by atoms with van der Waals surface area (Å²) in [5.74, 6) is 1.19. The number of hydrogen-bond acceptors (Lipinski definition) is 5. The van der Waals surface area contributed by atoms with Crippen LogP contribution in [0.25, 0.3) is 33.5 Å². The summed E-state index contributed by atoms with van der Waals surface area (Å²) in [4.78, 5) is 20.3. The number of H-pyrrole nitrogens is 1. The fourth-order valence-electron chi connectivity index (χ4n) is 3.62. The number of benzene rings is 3. The molecule has 0 atom stereocenters. The van der Waals surface area contributed by atoms with Gasteiger partial charge < -0.3 is 24.9 Å². The quantitative estimate of drug-likeness (QED) is 0.340. The lowest BCUT2D eigenvalue weighted by molar-refractivity contribution is 0.0746. The highest BCUT2D eigenvalue weighted by Gasteiger charge is 2.14. The number of carbonyl (C=O) groups is 1. The molecule has 0 aliphatic carbocycles. The Labute approximate surface area is 192 Å². The molecule has 7 nitrogen and oxygen atoms in total. The van der Waals surface area contributed by atoms with Gasteiger partial charge in [0.15, 0.2) is 0 Å². The summed E-state index contributed by atoms with van der Waals surface area (Å²) in [7, 11) is 1.63. The summed E-state index contributed by atoms with van der Waals surface area (Å²) in [5, 5.41) is 13.4. The van der Waals surface area contributed by atoms with Gasteiger partial charge in [0.25, 0.3) is 5.91 Å². The van der Waals surface area contributed by atoms with Crippen molar-refractivity contribution in [3.05, 3.63) is 66.2 Å². The molecule has 33 heavy (non-hydrogen) atoms. The number of ether oxygens (including phenoxy) is 2. The first-order valence-corrected chi connectivity index (χ1v) is 10.8. The number of imidazole rings is 1. The number of para-hydroxylation sites is 1. The van der Waals surface area contributed by atoms with Crippen molar-refractivity contribution in [2.45, 2.75) is 20.0 Å². The molecule has 0 aliphatic rings. The van der Waals surface area contributed by atoms with Crippen LogP contribution in [0.1, 0.15) is 24.2 Å². The van der Waals surface area contributed by atoms with Gasteiger partial charge in [0.1, 0.15) is 17.3 Å². The van der Waals surface area contributed by atoms with Gasteiger partial charge in [-0.05, 0) is 55.8 Å². The molecule has 0 bridgehead atoms. The molecule has 4 rings (SSSR count). The monoisotopic (exact) mass is 445 g/mol. The molecule has 4 aromatic rings. The van der Waals surface area contributed by atoms with Crippen LogP contribution in [0.4, 0.5) is 0 Å². The van der Waals surface area contributed by atoms with E-state index < -0.39 is 0 Å². The van der Waals surface area contributed by atoms with Gasteiger partial charge in [0.2, 0.25) is 0 Å². The average molecular weight is 446 g/mol. The first kappa shape index (κ1) is 22.4. The highest BCUT2D eigenvalue weighted by atomic mass is 16.5. The predicted molar refractivity (Wildman–Crippen MR) is 129 cm³/mol. The lowest BCUT2D eigenvalue weighted by Crippen LogP contribution is -2.28. The maximum absolute atomic E-state index is 12.5. The number of carbonyl (C=O) groups excluding carboxylic acids is 1. The van der Waals surface area contributed by atoms with Gasteiger partial charge in [-0.2, -0.15) is 0 Å². The van der Waals surface area contributed by atoms with Crippen molar-refractivity contribution < 1.29 is 19.4 Å². The first-order chi connectivity index (χ1) is 16.0. The highest BCUT2D eigenvalue weighted by Crippen LogP contribution is 2.36. The number of methoxy groups -OCH3 is 1. The van der Waals surface area contributed by atoms with Crippen LogP contribution in [0.15, 0.2) is 60.7 Å². The Morgan fingerprint density at radius 3 is 2.70 bits per heavy atom. The molecular formula is C26H27N3O4. The molecule has 0 unspecified atom stereocenters. The van der Waals surface area contributed by atoms with E-state index in [4.69, 9.17) is 9.47 Å². The topological polar surface area (TPSA) is 96.5 Å². The van der Waals surface area contributed by atoms with Crippen LogP contribution in [0.5, 0.6) is 11.5 Å². The zero-order valence-electron chi connectivity index (χ0n) is 18.9. The van der Waals surface area contributed by atoms with E-state index in [2.05, 4.69) is 15.3 Å². The number of aromatic amines is 1. The summed E-state index contributed by atoms with van der Waals surface area (Å²) in [6, 6.07) is 18.3. The fourth-order valence-corrected chi connectivity index (χ4v) is 3.62. The molecule has 1 aromatic heterocycles. The van der Waals surface area contributed by atoms with Crippen LogP contribution in [-0.4, -0.2) is 47.3 Å².